The standard InChI is InChI=1S/C18H23N5O2S/c1-13-3-5-14(6-4-13)19-17(25)21-18-20-15(12-26-18)11-16(24)23-9-7-22(2)8-10-23/h3-6,12H,7-11H2,1-2H3,(H2,19,20,21,25). The van der Waals surface area contributed by atoms with E-state index in [4.69, 9.17) is 0 Å². The van der Waals surface area contributed by atoms with Gasteiger partial charge in [0, 0.05) is 37.2 Å². The van der Waals surface area contributed by atoms with E-state index in [-0.39, 0.29) is 18.4 Å². The lowest BCUT2D eigenvalue weighted by molar-refractivity contribution is -0.132. The Balaban J connectivity index is 1.50. The highest BCUT2D eigenvalue weighted by Crippen LogP contribution is 2.17. The Bertz CT molecular complexity index is 766. The lowest BCUT2D eigenvalue weighted by atomic mass is 10.2. The second-order valence-electron chi connectivity index (χ2n) is 6.45. The van der Waals surface area contributed by atoms with Crippen molar-refractivity contribution in [3.63, 3.8) is 0 Å². The van der Waals surface area contributed by atoms with E-state index in [0.717, 1.165) is 37.4 Å². The average Bonchev–Trinajstić information content (AvgIpc) is 3.04. The number of anilines is 2. The van der Waals surface area contributed by atoms with Crippen LogP contribution in [0.4, 0.5) is 15.6 Å². The van der Waals surface area contributed by atoms with Crippen molar-refractivity contribution in [2.24, 2.45) is 0 Å². The summed E-state index contributed by atoms with van der Waals surface area (Å²) in [5.74, 6) is 0.0825. The van der Waals surface area contributed by atoms with Crippen LogP contribution in [0.1, 0.15) is 11.3 Å². The molecule has 2 N–H and O–H groups in total. The number of hydrogen-bond donors (Lipinski definition) is 2. The second kappa shape index (κ2) is 8.29. The van der Waals surface area contributed by atoms with Gasteiger partial charge in [0.25, 0.3) is 0 Å². The fourth-order valence-electron chi connectivity index (χ4n) is 2.66. The summed E-state index contributed by atoms with van der Waals surface area (Å²) in [4.78, 5) is 32.8. The van der Waals surface area contributed by atoms with Gasteiger partial charge in [-0.15, -0.1) is 11.3 Å². The molecule has 7 nitrogen and oxygen atoms in total. The zero-order valence-electron chi connectivity index (χ0n) is 15.0. The third-order valence-corrected chi connectivity index (χ3v) is 5.08. The van der Waals surface area contributed by atoms with Gasteiger partial charge in [0.15, 0.2) is 5.13 Å². The van der Waals surface area contributed by atoms with E-state index >= 15 is 0 Å². The number of hydrogen-bond acceptors (Lipinski definition) is 5. The van der Waals surface area contributed by atoms with Crippen LogP contribution in [0.3, 0.4) is 0 Å². The molecule has 3 rings (SSSR count). The molecular weight excluding hydrogens is 350 g/mol. The van der Waals surface area contributed by atoms with Gasteiger partial charge in [-0.25, -0.2) is 9.78 Å². The highest BCUT2D eigenvalue weighted by molar-refractivity contribution is 7.14. The smallest absolute Gasteiger partial charge is 0.325 e. The summed E-state index contributed by atoms with van der Waals surface area (Å²) < 4.78 is 0. The maximum absolute atomic E-state index is 12.3. The number of thiazole rings is 1. The van der Waals surface area contributed by atoms with Crippen molar-refractivity contribution in [3.8, 4) is 0 Å². The van der Waals surface area contributed by atoms with Crippen molar-refractivity contribution in [1.82, 2.24) is 14.8 Å². The Morgan fingerprint density at radius 1 is 1.12 bits per heavy atom. The van der Waals surface area contributed by atoms with Gasteiger partial charge < -0.3 is 15.1 Å². The van der Waals surface area contributed by atoms with Crippen molar-refractivity contribution < 1.29 is 9.59 Å². The average molecular weight is 373 g/mol. The Morgan fingerprint density at radius 2 is 1.81 bits per heavy atom. The lowest BCUT2D eigenvalue weighted by Gasteiger charge is -2.32. The first-order valence-corrected chi connectivity index (χ1v) is 9.43. The quantitative estimate of drug-likeness (QED) is 0.863. The fourth-order valence-corrected chi connectivity index (χ4v) is 3.37. The highest BCUT2D eigenvalue weighted by atomic mass is 32.1. The Labute approximate surface area is 157 Å². The molecule has 1 fully saturated rings. The summed E-state index contributed by atoms with van der Waals surface area (Å²) in [6.07, 6.45) is 0.265. The molecule has 1 saturated heterocycles. The van der Waals surface area contributed by atoms with Crippen molar-refractivity contribution in [2.45, 2.75) is 13.3 Å². The SMILES string of the molecule is Cc1ccc(NC(=O)Nc2nc(CC(=O)N3CCN(C)CC3)cs2)cc1. The molecule has 26 heavy (non-hydrogen) atoms. The number of carbonyl (C=O) groups excluding carboxylic acids is 2. The molecule has 0 spiro atoms. The van der Waals surface area contributed by atoms with Gasteiger partial charge in [0.2, 0.25) is 5.91 Å². The molecule has 3 amide bonds. The summed E-state index contributed by atoms with van der Waals surface area (Å²) in [6.45, 7) is 5.29. The minimum Gasteiger partial charge on any atom is -0.340 e. The van der Waals surface area contributed by atoms with Gasteiger partial charge in [0.05, 0.1) is 12.1 Å². The van der Waals surface area contributed by atoms with E-state index in [0.29, 0.717) is 10.8 Å². The minimum atomic E-state index is -0.347. The Hall–Kier alpha value is -2.45. The number of aromatic nitrogens is 1. The third kappa shape index (κ3) is 5.03. The highest BCUT2D eigenvalue weighted by Gasteiger charge is 2.20. The van der Waals surface area contributed by atoms with E-state index in [1.54, 1.807) is 0 Å². The molecular formula is C18H23N5O2S. The van der Waals surface area contributed by atoms with Crippen molar-refractivity contribution in [2.75, 3.05) is 43.9 Å². The van der Waals surface area contributed by atoms with Gasteiger partial charge >= 0.3 is 6.03 Å². The predicted octanol–water partition coefficient (Wildman–Crippen LogP) is 2.41. The molecule has 8 heteroatoms. The van der Waals surface area contributed by atoms with Crippen LogP contribution in [0.2, 0.25) is 0 Å². The van der Waals surface area contributed by atoms with E-state index < -0.39 is 0 Å². The number of carbonyl (C=O) groups is 2. The number of aryl methyl sites for hydroxylation is 1. The van der Waals surface area contributed by atoms with Gasteiger partial charge in [-0.2, -0.15) is 0 Å². The number of amides is 3. The molecule has 0 atom stereocenters. The summed E-state index contributed by atoms with van der Waals surface area (Å²) in [5.41, 5.74) is 2.53. The number of piperazine rings is 1. The molecule has 2 heterocycles. The zero-order valence-corrected chi connectivity index (χ0v) is 15.8. The van der Waals surface area contributed by atoms with Crippen LogP contribution in [0.5, 0.6) is 0 Å². The maximum Gasteiger partial charge on any atom is 0.325 e. The first kappa shape index (κ1) is 18.3. The molecule has 1 aromatic carbocycles. The second-order valence-corrected chi connectivity index (χ2v) is 7.31. The van der Waals surface area contributed by atoms with Crippen LogP contribution in [0.15, 0.2) is 29.6 Å². The Morgan fingerprint density at radius 3 is 2.50 bits per heavy atom. The molecule has 138 valence electrons. The number of likely N-dealkylation sites (N-methyl/N-ethyl adjacent to an activating group) is 1. The summed E-state index contributed by atoms with van der Waals surface area (Å²) in [6, 6.07) is 7.20. The van der Waals surface area contributed by atoms with Crippen LogP contribution >= 0.6 is 11.3 Å². The molecule has 0 aliphatic carbocycles. The molecule has 1 aliphatic heterocycles. The van der Waals surface area contributed by atoms with Gasteiger partial charge in [0.1, 0.15) is 0 Å². The van der Waals surface area contributed by atoms with Gasteiger partial charge in [-0.1, -0.05) is 17.7 Å². The first-order valence-electron chi connectivity index (χ1n) is 8.55. The van der Waals surface area contributed by atoms with E-state index in [2.05, 4.69) is 27.6 Å². The first-order chi connectivity index (χ1) is 12.5. The lowest BCUT2D eigenvalue weighted by Crippen LogP contribution is -2.47. The van der Waals surface area contributed by atoms with Crippen LogP contribution in [-0.4, -0.2) is 59.9 Å². The predicted molar refractivity (Wildman–Crippen MR) is 104 cm³/mol. The van der Waals surface area contributed by atoms with Crippen LogP contribution in [0.25, 0.3) is 0 Å². The molecule has 0 unspecified atom stereocenters. The topological polar surface area (TPSA) is 77.6 Å². The van der Waals surface area contributed by atoms with Crippen LogP contribution in [-0.2, 0) is 11.2 Å². The molecule has 0 saturated carbocycles. The monoisotopic (exact) mass is 373 g/mol. The fraction of sp³-hybridized carbons (Fsp3) is 0.389. The summed E-state index contributed by atoms with van der Waals surface area (Å²) in [7, 11) is 2.06. The minimum absolute atomic E-state index is 0.0825. The third-order valence-electron chi connectivity index (χ3n) is 4.27. The molecule has 1 aliphatic rings. The van der Waals surface area contributed by atoms with E-state index in [1.165, 1.54) is 11.3 Å². The van der Waals surface area contributed by atoms with Crippen molar-refractivity contribution in [3.05, 3.63) is 40.9 Å². The van der Waals surface area contributed by atoms with Crippen molar-refractivity contribution >= 4 is 34.1 Å². The Kier molecular flexibility index (Phi) is 5.85. The normalized spacial score (nSPS) is 14.9. The van der Waals surface area contributed by atoms with E-state index in [1.807, 2.05) is 41.5 Å². The molecule has 2 aromatic rings. The van der Waals surface area contributed by atoms with Crippen LogP contribution < -0.4 is 10.6 Å². The van der Waals surface area contributed by atoms with Gasteiger partial charge in [-0.3, -0.25) is 10.1 Å². The summed E-state index contributed by atoms with van der Waals surface area (Å²) >= 11 is 1.32. The number of nitrogens with zero attached hydrogens (tertiary/aromatic N) is 3. The maximum atomic E-state index is 12.3. The molecule has 0 bridgehead atoms. The zero-order chi connectivity index (χ0) is 18.5. The molecule has 0 radical (unpaired) electrons. The van der Waals surface area contributed by atoms with Gasteiger partial charge in [-0.05, 0) is 26.1 Å². The van der Waals surface area contributed by atoms with Crippen molar-refractivity contribution in [1.29, 1.82) is 0 Å². The van der Waals surface area contributed by atoms with E-state index in [9.17, 15) is 9.59 Å². The summed E-state index contributed by atoms with van der Waals surface area (Å²) in [5, 5.41) is 7.77. The number of nitrogens with one attached hydrogen (secondary N) is 2. The number of urea groups is 1. The molecule has 1 aromatic heterocycles. The number of rotatable bonds is 4. The van der Waals surface area contributed by atoms with Crippen LogP contribution in [0, 0.1) is 6.92 Å². The number of benzene rings is 1. The largest absolute Gasteiger partial charge is 0.340 e.